The first-order chi connectivity index (χ1) is 16.2. The Morgan fingerprint density at radius 1 is 0.735 bits per heavy atom. The molecule has 1 aliphatic heterocycles. The van der Waals surface area contributed by atoms with Gasteiger partial charge in [-0.15, -0.1) is 0 Å². The van der Waals surface area contributed by atoms with E-state index < -0.39 is 0 Å². The second-order valence-electron chi connectivity index (χ2n) is 9.28. The number of halogens is 2. The summed E-state index contributed by atoms with van der Waals surface area (Å²) in [5.41, 5.74) is 0.874. The van der Waals surface area contributed by atoms with Crippen molar-refractivity contribution in [2.24, 2.45) is 11.8 Å². The van der Waals surface area contributed by atoms with Crippen molar-refractivity contribution >= 4 is 35.0 Å². The van der Waals surface area contributed by atoms with E-state index in [2.05, 4.69) is 0 Å². The lowest BCUT2D eigenvalue weighted by atomic mass is 10.1. The summed E-state index contributed by atoms with van der Waals surface area (Å²) in [4.78, 5) is 30.0. The molecule has 2 aromatic rings. The molecule has 0 spiro atoms. The molecular weight excluding hydrogens is 475 g/mol. The van der Waals surface area contributed by atoms with Crippen LogP contribution in [0.25, 0.3) is 0 Å². The Morgan fingerprint density at radius 2 is 1.09 bits per heavy atom. The molecule has 0 aromatic heterocycles. The Balaban J connectivity index is 1.69. The maximum Gasteiger partial charge on any atom is 0.257 e. The smallest absolute Gasteiger partial charge is 0.257 e. The number of piperazine rings is 1. The van der Waals surface area contributed by atoms with E-state index in [0.717, 1.165) is 0 Å². The van der Waals surface area contributed by atoms with Crippen molar-refractivity contribution in [3.63, 3.8) is 0 Å². The van der Waals surface area contributed by atoms with E-state index >= 15 is 0 Å². The molecule has 3 rings (SSSR count). The Kier molecular flexibility index (Phi) is 9.09. The second kappa shape index (κ2) is 11.8. The van der Waals surface area contributed by atoms with Crippen molar-refractivity contribution in [3.8, 4) is 11.5 Å². The molecule has 34 heavy (non-hydrogen) atoms. The van der Waals surface area contributed by atoms with Crippen LogP contribution >= 0.6 is 23.2 Å². The molecule has 0 atom stereocenters. The van der Waals surface area contributed by atoms with Crippen LogP contribution in [0.3, 0.4) is 0 Å². The lowest BCUT2D eigenvalue weighted by Crippen LogP contribution is -2.50. The average Bonchev–Trinajstić information content (AvgIpc) is 2.81. The van der Waals surface area contributed by atoms with Crippen LogP contribution in [0.15, 0.2) is 36.4 Å². The number of nitrogens with zero attached hydrogens (tertiary/aromatic N) is 2. The van der Waals surface area contributed by atoms with Gasteiger partial charge in [0.05, 0.1) is 24.3 Å². The molecule has 0 saturated carbocycles. The zero-order valence-corrected chi connectivity index (χ0v) is 21.7. The number of hydrogen-bond acceptors (Lipinski definition) is 4. The number of hydrogen-bond donors (Lipinski definition) is 0. The number of ether oxygens (including phenoxy) is 2. The van der Waals surface area contributed by atoms with Crippen LogP contribution in [0, 0.1) is 11.8 Å². The summed E-state index contributed by atoms with van der Waals surface area (Å²) in [6, 6.07) is 10.2. The van der Waals surface area contributed by atoms with E-state index in [1.54, 1.807) is 46.2 Å². The van der Waals surface area contributed by atoms with E-state index in [1.165, 1.54) is 0 Å². The Morgan fingerprint density at radius 3 is 1.41 bits per heavy atom. The zero-order chi connectivity index (χ0) is 24.8. The third-order valence-electron chi connectivity index (χ3n) is 5.34. The van der Waals surface area contributed by atoms with Crippen LogP contribution in [0.2, 0.25) is 10.0 Å². The van der Waals surface area contributed by atoms with E-state index in [9.17, 15) is 9.59 Å². The molecule has 184 valence electrons. The summed E-state index contributed by atoms with van der Waals surface area (Å²) in [5.74, 6) is 1.39. The van der Waals surface area contributed by atoms with Gasteiger partial charge in [-0.3, -0.25) is 9.59 Å². The van der Waals surface area contributed by atoms with Gasteiger partial charge >= 0.3 is 0 Å². The molecule has 2 amide bonds. The second-order valence-corrected chi connectivity index (χ2v) is 10.1. The maximum absolute atomic E-state index is 13.3. The standard InChI is InChI=1S/C26H32Cl2N2O4/c1-17(2)15-33-23-7-5-19(27)13-21(23)25(31)29-9-11-30(12-10-29)26(32)22-14-20(28)6-8-24(22)34-16-18(3)4/h5-8,13-14,17-18H,9-12,15-16H2,1-4H3. The fourth-order valence-electron chi connectivity index (χ4n) is 3.56. The quantitative estimate of drug-likeness (QED) is 0.463. The van der Waals surface area contributed by atoms with Crippen molar-refractivity contribution in [2.75, 3.05) is 39.4 Å². The van der Waals surface area contributed by atoms with Gasteiger partial charge in [-0.2, -0.15) is 0 Å². The molecule has 0 bridgehead atoms. The number of carbonyl (C=O) groups is 2. The monoisotopic (exact) mass is 506 g/mol. The van der Waals surface area contributed by atoms with E-state index in [-0.39, 0.29) is 11.8 Å². The minimum atomic E-state index is -0.155. The fraction of sp³-hybridized carbons (Fsp3) is 0.462. The highest BCUT2D eigenvalue weighted by atomic mass is 35.5. The summed E-state index contributed by atoms with van der Waals surface area (Å²) < 4.78 is 11.7. The molecule has 0 radical (unpaired) electrons. The average molecular weight is 507 g/mol. The van der Waals surface area contributed by atoms with Gasteiger partial charge in [-0.25, -0.2) is 0 Å². The highest BCUT2D eigenvalue weighted by molar-refractivity contribution is 6.31. The predicted octanol–water partition coefficient (Wildman–Crippen LogP) is 5.66. The Labute approximate surface area is 211 Å². The SMILES string of the molecule is CC(C)COc1ccc(Cl)cc1C(=O)N1CCN(C(=O)c2cc(Cl)ccc2OCC(C)C)CC1. The largest absolute Gasteiger partial charge is 0.492 e. The van der Waals surface area contributed by atoms with Crippen LogP contribution in [-0.4, -0.2) is 61.0 Å². The summed E-state index contributed by atoms with van der Waals surface area (Å²) >= 11 is 12.3. The highest BCUT2D eigenvalue weighted by Crippen LogP contribution is 2.27. The van der Waals surface area contributed by atoms with Gasteiger partial charge in [0.1, 0.15) is 11.5 Å². The molecular formula is C26H32Cl2N2O4. The molecule has 1 saturated heterocycles. The van der Waals surface area contributed by atoms with Gasteiger partial charge in [-0.05, 0) is 48.2 Å². The lowest BCUT2D eigenvalue weighted by Gasteiger charge is -2.35. The first-order valence-electron chi connectivity index (χ1n) is 11.6. The minimum absolute atomic E-state index is 0.155. The van der Waals surface area contributed by atoms with Gasteiger partial charge in [0.15, 0.2) is 0 Å². The predicted molar refractivity (Wildman–Crippen MR) is 135 cm³/mol. The van der Waals surface area contributed by atoms with Gasteiger partial charge in [0.25, 0.3) is 11.8 Å². The van der Waals surface area contributed by atoms with Crippen molar-refractivity contribution in [2.45, 2.75) is 27.7 Å². The van der Waals surface area contributed by atoms with Gasteiger partial charge in [0, 0.05) is 36.2 Å². The summed E-state index contributed by atoms with van der Waals surface area (Å²) in [6.45, 7) is 10.8. The van der Waals surface area contributed by atoms with Crippen molar-refractivity contribution in [1.29, 1.82) is 0 Å². The van der Waals surface area contributed by atoms with E-state index in [1.807, 2.05) is 27.7 Å². The van der Waals surface area contributed by atoms with Crippen molar-refractivity contribution in [3.05, 3.63) is 57.6 Å². The number of benzene rings is 2. The van der Waals surface area contributed by atoms with E-state index in [0.29, 0.717) is 83.9 Å². The highest BCUT2D eigenvalue weighted by Gasteiger charge is 2.28. The molecule has 1 heterocycles. The maximum atomic E-state index is 13.3. The molecule has 8 heteroatoms. The van der Waals surface area contributed by atoms with Crippen LogP contribution in [0.4, 0.5) is 0 Å². The molecule has 0 aliphatic carbocycles. The first-order valence-corrected chi connectivity index (χ1v) is 12.3. The topological polar surface area (TPSA) is 59.1 Å². The number of carbonyl (C=O) groups excluding carboxylic acids is 2. The van der Waals surface area contributed by atoms with E-state index in [4.69, 9.17) is 32.7 Å². The Hall–Kier alpha value is -2.44. The van der Waals surface area contributed by atoms with Crippen molar-refractivity contribution in [1.82, 2.24) is 9.80 Å². The van der Waals surface area contributed by atoms with Crippen LogP contribution < -0.4 is 9.47 Å². The Bertz CT molecular complexity index is 936. The van der Waals surface area contributed by atoms with Gasteiger partial charge in [-0.1, -0.05) is 50.9 Å². The summed E-state index contributed by atoms with van der Waals surface area (Å²) in [6.07, 6.45) is 0. The van der Waals surface area contributed by atoms with Gasteiger partial charge < -0.3 is 19.3 Å². The van der Waals surface area contributed by atoms with Gasteiger partial charge in [0.2, 0.25) is 0 Å². The van der Waals surface area contributed by atoms with Crippen molar-refractivity contribution < 1.29 is 19.1 Å². The minimum Gasteiger partial charge on any atom is -0.492 e. The molecule has 1 fully saturated rings. The summed E-state index contributed by atoms with van der Waals surface area (Å²) in [5, 5.41) is 0.952. The van der Waals surface area contributed by atoms with Crippen LogP contribution in [-0.2, 0) is 0 Å². The van der Waals surface area contributed by atoms with Crippen LogP contribution in [0.1, 0.15) is 48.4 Å². The first kappa shape index (κ1) is 26.2. The number of rotatable bonds is 8. The van der Waals surface area contributed by atoms with Crippen LogP contribution in [0.5, 0.6) is 11.5 Å². The molecule has 0 unspecified atom stereocenters. The molecule has 6 nitrogen and oxygen atoms in total. The molecule has 1 aliphatic rings. The molecule has 2 aromatic carbocycles. The fourth-order valence-corrected chi connectivity index (χ4v) is 3.90. The normalized spacial score (nSPS) is 14.0. The summed E-state index contributed by atoms with van der Waals surface area (Å²) in [7, 11) is 0. The zero-order valence-electron chi connectivity index (χ0n) is 20.1. The third kappa shape index (κ3) is 6.80. The lowest BCUT2D eigenvalue weighted by molar-refractivity contribution is 0.0530. The number of amides is 2. The third-order valence-corrected chi connectivity index (χ3v) is 5.81. The molecule has 0 N–H and O–H groups in total.